The molecule has 0 fully saturated rings. The standard InChI is InChI=1S/C17H10BrClN2O2/c18-12-3-1-10(2-4-12)7-16-20-21-17(23-16)15-9-11-8-13(19)5-6-14(11)22-15/h1-6,8-9H,7H2. The lowest BCUT2D eigenvalue weighted by Gasteiger charge is -1.96. The molecule has 4 aromatic rings. The summed E-state index contributed by atoms with van der Waals surface area (Å²) in [6.45, 7) is 0. The topological polar surface area (TPSA) is 52.1 Å². The van der Waals surface area contributed by atoms with Crippen LogP contribution in [0.3, 0.4) is 0 Å². The molecule has 0 saturated carbocycles. The number of nitrogens with zero attached hydrogens (tertiary/aromatic N) is 2. The van der Waals surface area contributed by atoms with Gasteiger partial charge in [-0.2, -0.15) is 0 Å². The Bertz CT molecular complexity index is 976. The van der Waals surface area contributed by atoms with Crippen LogP contribution in [0.4, 0.5) is 0 Å². The predicted molar refractivity (Wildman–Crippen MR) is 91.5 cm³/mol. The molecule has 0 spiro atoms. The van der Waals surface area contributed by atoms with Gasteiger partial charge in [-0.3, -0.25) is 0 Å². The van der Waals surface area contributed by atoms with Gasteiger partial charge in [-0.05, 0) is 42.0 Å². The van der Waals surface area contributed by atoms with Crippen LogP contribution in [0.5, 0.6) is 0 Å². The molecule has 0 bridgehead atoms. The maximum absolute atomic E-state index is 5.98. The SMILES string of the molecule is Clc1ccc2oc(-c3nnc(Cc4ccc(Br)cc4)o3)cc2c1. The van der Waals surface area contributed by atoms with Gasteiger partial charge in [0.25, 0.3) is 5.89 Å². The first-order chi connectivity index (χ1) is 11.2. The van der Waals surface area contributed by atoms with Gasteiger partial charge in [0, 0.05) is 14.9 Å². The van der Waals surface area contributed by atoms with E-state index in [1.165, 1.54) is 0 Å². The van der Waals surface area contributed by atoms with Gasteiger partial charge in [-0.25, -0.2) is 0 Å². The fourth-order valence-corrected chi connectivity index (χ4v) is 2.77. The third-order valence-corrected chi connectivity index (χ3v) is 4.19. The maximum Gasteiger partial charge on any atom is 0.283 e. The molecular formula is C17H10BrClN2O2. The van der Waals surface area contributed by atoms with E-state index in [-0.39, 0.29) is 0 Å². The highest BCUT2D eigenvalue weighted by Gasteiger charge is 2.14. The van der Waals surface area contributed by atoms with Crippen molar-refractivity contribution in [2.45, 2.75) is 6.42 Å². The van der Waals surface area contributed by atoms with E-state index in [4.69, 9.17) is 20.4 Å². The van der Waals surface area contributed by atoms with Crippen molar-refractivity contribution in [2.24, 2.45) is 0 Å². The van der Waals surface area contributed by atoms with E-state index in [0.29, 0.717) is 29.0 Å². The Morgan fingerprint density at radius 2 is 1.78 bits per heavy atom. The summed E-state index contributed by atoms with van der Waals surface area (Å²) < 4.78 is 12.5. The molecule has 0 atom stereocenters. The Hall–Kier alpha value is -2.11. The van der Waals surface area contributed by atoms with Crippen molar-refractivity contribution >= 4 is 38.5 Å². The lowest BCUT2D eigenvalue weighted by Crippen LogP contribution is -1.87. The van der Waals surface area contributed by atoms with E-state index in [2.05, 4.69) is 26.1 Å². The lowest BCUT2D eigenvalue weighted by atomic mass is 10.1. The zero-order valence-electron chi connectivity index (χ0n) is 11.8. The first-order valence-electron chi connectivity index (χ1n) is 6.94. The van der Waals surface area contributed by atoms with Crippen molar-refractivity contribution < 1.29 is 8.83 Å². The van der Waals surface area contributed by atoms with Gasteiger partial charge >= 0.3 is 0 Å². The largest absolute Gasteiger partial charge is 0.451 e. The van der Waals surface area contributed by atoms with Crippen molar-refractivity contribution in [1.29, 1.82) is 0 Å². The van der Waals surface area contributed by atoms with Crippen LogP contribution in [0.15, 0.2) is 61.8 Å². The fourth-order valence-electron chi connectivity index (χ4n) is 2.32. The number of halogens is 2. The Labute approximate surface area is 145 Å². The molecule has 0 saturated heterocycles. The van der Waals surface area contributed by atoms with Gasteiger partial charge in [0.05, 0.1) is 6.42 Å². The van der Waals surface area contributed by atoms with Crippen molar-refractivity contribution in [3.05, 3.63) is 69.5 Å². The first-order valence-corrected chi connectivity index (χ1v) is 8.11. The zero-order valence-corrected chi connectivity index (χ0v) is 14.1. The van der Waals surface area contributed by atoms with Crippen LogP contribution in [-0.2, 0) is 6.42 Å². The summed E-state index contributed by atoms with van der Waals surface area (Å²) in [5.41, 5.74) is 1.83. The van der Waals surface area contributed by atoms with Gasteiger partial charge < -0.3 is 8.83 Å². The third-order valence-electron chi connectivity index (χ3n) is 3.42. The molecule has 2 aromatic heterocycles. The molecule has 0 radical (unpaired) electrons. The molecule has 114 valence electrons. The van der Waals surface area contributed by atoms with E-state index in [1.54, 1.807) is 6.07 Å². The summed E-state index contributed by atoms with van der Waals surface area (Å²) in [5.74, 6) is 1.45. The number of hydrogen-bond donors (Lipinski definition) is 0. The molecule has 0 unspecified atom stereocenters. The summed E-state index contributed by atoms with van der Waals surface area (Å²) in [6, 6.07) is 15.3. The lowest BCUT2D eigenvalue weighted by molar-refractivity contribution is 0.496. The van der Waals surface area contributed by atoms with Gasteiger partial charge in [-0.1, -0.05) is 39.7 Å². The van der Waals surface area contributed by atoms with Crippen molar-refractivity contribution in [1.82, 2.24) is 10.2 Å². The number of rotatable bonds is 3. The summed E-state index contributed by atoms with van der Waals surface area (Å²) in [7, 11) is 0. The van der Waals surface area contributed by atoms with Gasteiger partial charge in [0.2, 0.25) is 5.89 Å². The molecule has 0 N–H and O–H groups in total. The van der Waals surface area contributed by atoms with Crippen molar-refractivity contribution in [2.75, 3.05) is 0 Å². The summed E-state index contributed by atoms with van der Waals surface area (Å²) in [5, 5.41) is 9.71. The molecule has 0 amide bonds. The number of furan rings is 1. The van der Waals surface area contributed by atoms with E-state index < -0.39 is 0 Å². The highest BCUT2D eigenvalue weighted by molar-refractivity contribution is 9.10. The second-order valence-corrected chi connectivity index (χ2v) is 6.45. The predicted octanol–water partition coefficient (Wildman–Crippen LogP) is 5.49. The quantitative estimate of drug-likeness (QED) is 0.465. The number of aromatic nitrogens is 2. The van der Waals surface area contributed by atoms with Crippen LogP contribution < -0.4 is 0 Å². The normalized spacial score (nSPS) is 11.2. The highest BCUT2D eigenvalue weighted by atomic mass is 79.9. The fraction of sp³-hybridized carbons (Fsp3) is 0.0588. The minimum absolute atomic E-state index is 0.365. The minimum atomic E-state index is 0.365. The van der Waals surface area contributed by atoms with Crippen LogP contribution in [0, 0.1) is 0 Å². The van der Waals surface area contributed by atoms with Crippen LogP contribution in [0.25, 0.3) is 22.6 Å². The Morgan fingerprint density at radius 3 is 2.61 bits per heavy atom. The average Bonchev–Trinajstić information content (AvgIpc) is 3.15. The van der Waals surface area contributed by atoms with Crippen LogP contribution >= 0.6 is 27.5 Å². The van der Waals surface area contributed by atoms with E-state index in [1.807, 2.05) is 42.5 Å². The molecule has 0 aliphatic heterocycles. The molecule has 2 heterocycles. The van der Waals surface area contributed by atoms with E-state index >= 15 is 0 Å². The van der Waals surface area contributed by atoms with Crippen LogP contribution in [0.2, 0.25) is 5.02 Å². The summed E-state index contributed by atoms with van der Waals surface area (Å²) >= 11 is 9.40. The zero-order chi connectivity index (χ0) is 15.8. The Kier molecular flexibility index (Phi) is 3.67. The van der Waals surface area contributed by atoms with Crippen LogP contribution in [0.1, 0.15) is 11.5 Å². The second-order valence-electron chi connectivity index (χ2n) is 5.10. The Morgan fingerprint density at radius 1 is 0.957 bits per heavy atom. The highest BCUT2D eigenvalue weighted by Crippen LogP contribution is 2.29. The molecule has 2 aromatic carbocycles. The smallest absolute Gasteiger partial charge is 0.283 e. The van der Waals surface area contributed by atoms with Gasteiger partial charge in [0.15, 0.2) is 5.76 Å². The Balaban J connectivity index is 1.62. The minimum Gasteiger partial charge on any atom is -0.451 e. The van der Waals surface area contributed by atoms with Crippen LogP contribution in [-0.4, -0.2) is 10.2 Å². The first kappa shape index (κ1) is 14.5. The summed E-state index contributed by atoms with van der Waals surface area (Å²) in [6.07, 6.45) is 0.576. The molecule has 4 nitrogen and oxygen atoms in total. The monoisotopic (exact) mass is 388 g/mol. The molecule has 4 rings (SSSR count). The average molecular weight is 390 g/mol. The summed E-state index contributed by atoms with van der Waals surface area (Å²) in [4.78, 5) is 0. The van der Waals surface area contributed by atoms with Gasteiger partial charge in [-0.15, -0.1) is 10.2 Å². The molecular weight excluding hydrogens is 380 g/mol. The third kappa shape index (κ3) is 3.02. The maximum atomic E-state index is 5.98. The number of fused-ring (bicyclic) bond motifs is 1. The second kappa shape index (κ2) is 5.83. The number of hydrogen-bond acceptors (Lipinski definition) is 4. The molecule has 23 heavy (non-hydrogen) atoms. The number of benzene rings is 2. The van der Waals surface area contributed by atoms with E-state index in [0.717, 1.165) is 21.0 Å². The van der Waals surface area contributed by atoms with Crippen molar-refractivity contribution in [3.63, 3.8) is 0 Å². The molecule has 0 aliphatic rings. The molecule has 0 aliphatic carbocycles. The molecule has 6 heteroatoms. The van der Waals surface area contributed by atoms with E-state index in [9.17, 15) is 0 Å². The van der Waals surface area contributed by atoms with Crippen molar-refractivity contribution in [3.8, 4) is 11.7 Å². The van der Waals surface area contributed by atoms with Gasteiger partial charge in [0.1, 0.15) is 5.58 Å².